The number of amides is 1. The van der Waals surface area contributed by atoms with Crippen LogP contribution in [0.2, 0.25) is 0 Å². The number of allylic oxidation sites excluding steroid dienone is 2. The number of aliphatic hydroxyl groups is 2. The Morgan fingerprint density at radius 2 is 0.738 bits per heavy atom. The molecule has 3 atom stereocenters. The summed E-state index contributed by atoms with van der Waals surface area (Å²) in [6.45, 7) is 6.53. The molecule has 0 aliphatic rings. The van der Waals surface area contributed by atoms with Gasteiger partial charge < -0.3 is 20.3 Å². The minimum atomic E-state index is -0.784. The van der Waals surface area contributed by atoms with Crippen molar-refractivity contribution in [2.24, 2.45) is 0 Å². The number of ether oxygens (including phenoxy) is 1. The lowest BCUT2D eigenvalue weighted by molar-refractivity contribution is -0.151. The van der Waals surface area contributed by atoms with Crippen LogP contribution in [-0.4, -0.2) is 46.9 Å². The van der Waals surface area contributed by atoms with Crippen molar-refractivity contribution in [1.82, 2.24) is 5.32 Å². The van der Waals surface area contributed by atoms with E-state index in [1.165, 1.54) is 231 Å². The highest BCUT2D eigenvalue weighted by molar-refractivity contribution is 5.77. The summed E-state index contributed by atoms with van der Waals surface area (Å²) in [6.07, 6.45) is 61.4. The standard InChI is InChI=1S/C59H115NO5/c1-4-7-10-13-16-19-22-25-27-29-30-32-34-37-40-43-46-49-52-59(64)65-55(50-47-44-41-38-35-24-21-18-15-12-9-6-3)53-58(63)60-56(54-61)57(62)51-48-45-42-39-36-33-31-28-26-23-20-17-14-11-8-5-2/h30,32,55-57,61-62H,4-29,31,33-54H2,1-3H3,(H,60,63)/b32-30+. The molecule has 0 spiro atoms. The third-order valence-electron chi connectivity index (χ3n) is 13.8. The summed E-state index contributed by atoms with van der Waals surface area (Å²) in [5.74, 6) is -0.461. The van der Waals surface area contributed by atoms with Crippen LogP contribution in [0.15, 0.2) is 12.2 Å². The Balaban J connectivity index is 4.45. The molecule has 0 aromatic carbocycles. The fourth-order valence-corrected chi connectivity index (χ4v) is 9.37. The molecule has 0 radical (unpaired) electrons. The number of hydrogen-bond acceptors (Lipinski definition) is 5. The Kier molecular flexibility index (Phi) is 52.4. The zero-order valence-electron chi connectivity index (χ0n) is 44.2. The van der Waals surface area contributed by atoms with Crippen molar-refractivity contribution in [2.75, 3.05) is 6.61 Å². The van der Waals surface area contributed by atoms with Crippen molar-refractivity contribution in [3.8, 4) is 0 Å². The maximum atomic E-state index is 13.3. The van der Waals surface area contributed by atoms with E-state index in [0.717, 1.165) is 51.4 Å². The molecule has 3 N–H and O–H groups in total. The second kappa shape index (κ2) is 53.6. The molecule has 0 aromatic rings. The van der Waals surface area contributed by atoms with E-state index in [4.69, 9.17) is 4.74 Å². The fraction of sp³-hybridized carbons (Fsp3) is 0.932. The Labute approximate surface area is 406 Å². The average Bonchev–Trinajstić information content (AvgIpc) is 3.30. The van der Waals surface area contributed by atoms with Gasteiger partial charge in [-0.05, 0) is 51.4 Å². The van der Waals surface area contributed by atoms with Gasteiger partial charge in [-0.3, -0.25) is 9.59 Å². The number of unbranched alkanes of at least 4 members (excludes halogenated alkanes) is 40. The molecule has 6 heteroatoms. The second-order valence-electron chi connectivity index (χ2n) is 20.4. The number of carbonyl (C=O) groups is 2. The van der Waals surface area contributed by atoms with E-state index in [9.17, 15) is 19.8 Å². The van der Waals surface area contributed by atoms with Crippen molar-refractivity contribution in [3.63, 3.8) is 0 Å². The Morgan fingerprint density at radius 3 is 1.09 bits per heavy atom. The molecule has 0 fully saturated rings. The number of rotatable bonds is 54. The van der Waals surface area contributed by atoms with E-state index in [0.29, 0.717) is 19.3 Å². The molecule has 3 unspecified atom stereocenters. The first-order valence-electron chi connectivity index (χ1n) is 29.4. The fourth-order valence-electron chi connectivity index (χ4n) is 9.37. The first-order chi connectivity index (χ1) is 32.0. The maximum Gasteiger partial charge on any atom is 0.306 e. The molecule has 6 nitrogen and oxygen atoms in total. The maximum absolute atomic E-state index is 13.3. The van der Waals surface area contributed by atoms with E-state index in [2.05, 4.69) is 38.2 Å². The molecule has 65 heavy (non-hydrogen) atoms. The van der Waals surface area contributed by atoms with Gasteiger partial charge in [-0.15, -0.1) is 0 Å². The van der Waals surface area contributed by atoms with Crippen LogP contribution in [0.25, 0.3) is 0 Å². The van der Waals surface area contributed by atoms with Crippen LogP contribution in [0.1, 0.15) is 329 Å². The zero-order chi connectivity index (χ0) is 47.4. The molecule has 0 aliphatic carbocycles. The molecule has 0 aliphatic heterocycles. The number of aliphatic hydroxyl groups excluding tert-OH is 2. The van der Waals surface area contributed by atoms with Gasteiger partial charge in [0.2, 0.25) is 5.91 Å². The molecular weight excluding hydrogens is 803 g/mol. The molecular formula is C59H115NO5. The van der Waals surface area contributed by atoms with E-state index in [1.807, 2.05) is 0 Å². The van der Waals surface area contributed by atoms with Crippen LogP contribution < -0.4 is 5.32 Å². The van der Waals surface area contributed by atoms with Gasteiger partial charge >= 0.3 is 5.97 Å². The summed E-state index contributed by atoms with van der Waals surface area (Å²) in [6, 6.07) is -0.697. The largest absolute Gasteiger partial charge is 0.462 e. The average molecular weight is 919 g/mol. The highest BCUT2D eigenvalue weighted by Crippen LogP contribution is 2.19. The van der Waals surface area contributed by atoms with Crippen LogP contribution in [0.3, 0.4) is 0 Å². The zero-order valence-corrected chi connectivity index (χ0v) is 44.2. The Hall–Kier alpha value is -1.40. The summed E-state index contributed by atoms with van der Waals surface area (Å²) in [5, 5.41) is 23.9. The lowest BCUT2D eigenvalue weighted by Crippen LogP contribution is -2.46. The molecule has 0 rings (SSSR count). The van der Waals surface area contributed by atoms with Gasteiger partial charge in [0, 0.05) is 6.42 Å². The molecule has 0 aromatic heterocycles. The molecule has 0 saturated carbocycles. The highest BCUT2D eigenvalue weighted by atomic mass is 16.5. The number of esters is 1. The minimum Gasteiger partial charge on any atom is -0.462 e. The first kappa shape index (κ1) is 63.6. The summed E-state index contributed by atoms with van der Waals surface area (Å²) < 4.78 is 5.96. The summed E-state index contributed by atoms with van der Waals surface area (Å²) in [7, 11) is 0. The molecule has 0 heterocycles. The van der Waals surface area contributed by atoms with Crippen LogP contribution in [0, 0.1) is 0 Å². The summed E-state index contributed by atoms with van der Waals surface area (Å²) in [4.78, 5) is 26.3. The Bertz CT molecular complexity index is 986. The lowest BCUT2D eigenvalue weighted by Gasteiger charge is -2.24. The predicted molar refractivity (Wildman–Crippen MR) is 283 cm³/mol. The van der Waals surface area contributed by atoms with Gasteiger partial charge in [0.15, 0.2) is 0 Å². The van der Waals surface area contributed by atoms with Crippen LogP contribution >= 0.6 is 0 Å². The highest BCUT2D eigenvalue weighted by Gasteiger charge is 2.24. The molecule has 1 amide bonds. The van der Waals surface area contributed by atoms with E-state index in [1.54, 1.807) is 0 Å². The van der Waals surface area contributed by atoms with Crippen LogP contribution in [0.4, 0.5) is 0 Å². The second-order valence-corrected chi connectivity index (χ2v) is 20.4. The van der Waals surface area contributed by atoms with Gasteiger partial charge in [0.05, 0.1) is 25.2 Å². The number of nitrogens with one attached hydrogen (secondary N) is 1. The van der Waals surface area contributed by atoms with E-state index in [-0.39, 0.29) is 24.9 Å². The number of carbonyl (C=O) groups excluding carboxylic acids is 2. The summed E-state index contributed by atoms with van der Waals surface area (Å²) in [5.41, 5.74) is 0. The van der Waals surface area contributed by atoms with Crippen LogP contribution in [-0.2, 0) is 14.3 Å². The van der Waals surface area contributed by atoms with Crippen molar-refractivity contribution in [2.45, 2.75) is 347 Å². The molecule has 0 saturated heterocycles. The SMILES string of the molecule is CCCCCCCCCCC/C=C/CCCCCCCC(=O)OC(CCCCCCCCCCCCCC)CC(=O)NC(CO)C(O)CCCCCCCCCCCCCCCCCC. The van der Waals surface area contributed by atoms with Crippen molar-refractivity contribution in [1.29, 1.82) is 0 Å². The third-order valence-corrected chi connectivity index (χ3v) is 13.8. The van der Waals surface area contributed by atoms with Crippen molar-refractivity contribution in [3.05, 3.63) is 12.2 Å². The van der Waals surface area contributed by atoms with Gasteiger partial charge in [-0.25, -0.2) is 0 Å². The van der Waals surface area contributed by atoms with Gasteiger partial charge in [-0.1, -0.05) is 277 Å². The van der Waals surface area contributed by atoms with Gasteiger partial charge in [0.1, 0.15) is 6.10 Å². The van der Waals surface area contributed by atoms with Gasteiger partial charge in [0.25, 0.3) is 0 Å². The third kappa shape index (κ3) is 48.9. The normalized spacial score (nSPS) is 13.1. The first-order valence-corrected chi connectivity index (χ1v) is 29.4. The molecule has 386 valence electrons. The van der Waals surface area contributed by atoms with Crippen molar-refractivity contribution >= 4 is 11.9 Å². The monoisotopic (exact) mass is 918 g/mol. The topological polar surface area (TPSA) is 95.9 Å². The van der Waals surface area contributed by atoms with Crippen LogP contribution in [0.5, 0.6) is 0 Å². The van der Waals surface area contributed by atoms with Crippen molar-refractivity contribution < 1.29 is 24.5 Å². The predicted octanol–water partition coefficient (Wildman–Crippen LogP) is 18.1. The number of hydrogen-bond donors (Lipinski definition) is 3. The quantitative estimate of drug-likeness (QED) is 0.0321. The molecule has 0 bridgehead atoms. The summed E-state index contributed by atoms with van der Waals surface area (Å²) >= 11 is 0. The minimum absolute atomic E-state index is 0.0820. The van der Waals surface area contributed by atoms with E-state index < -0.39 is 18.2 Å². The smallest absolute Gasteiger partial charge is 0.306 e. The Morgan fingerprint density at radius 1 is 0.431 bits per heavy atom. The lowest BCUT2D eigenvalue weighted by atomic mass is 10.0. The van der Waals surface area contributed by atoms with Gasteiger partial charge in [-0.2, -0.15) is 0 Å². The van der Waals surface area contributed by atoms with E-state index >= 15 is 0 Å².